The van der Waals surface area contributed by atoms with Crippen LogP contribution in [0.1, 0.15) is 0 Å². The number of para-hydroxylation sites is 1. The van der Waals surface area contributed by atoms with Crippen LogP contribution in [0.5, 0.6) is 0 Å². The van der Waals surface area contributed by atoms with E-state index in [2.05, 4.69) is 15.0 Å². The summed E-state index contributed by atoms with van der Waals surface area (Å²) in [5.74, 6) is 0. The zero-order valence-electron chi connectivity index (χ0n) is 11.5. The van der Waals surface area contributed by atoms with E-state index in [-0.39, 0.29) is 0 Å². The van der Waals surface area contributed by atoms with Crippen molar-refractivity contribution in [2.45, 2.75) is 0 Å². The maximum absolute atomic E-state index is 12.3. The van der Waals surface area contributed by atoms with Gasteiger partial charge in [0.15, 0.2) is 0 Å². The van der Waals surface area contributed by atoms with Crippen molar-refractivity contribution in [3.8, 4) is 11.3 Å². The number of H-pyrrole nitrogens is 2. The van der Waals surface area contributed by atoms with Gasteiger partial charge in [0.1, 0.15) is 5.52 Å². The normalized spacial score (nSPS) is 11.1. The van der Waals surface area contributed by atoms with Crippen LogP contribution >= 0.6 is 0 Å². The quantitative estimate of drug-likeness (QED) is 0.565. The molecule has 106 valence electrons. The van der Waals surface area contributed by atoms with E-state index < -0.39 is 11.1 Å². The molecule has 2 N–H and O–H groups in total. The van der Waals surface area contributed by atoms with Crippen LogP contribution in [-0.2, 0) is 0 Å². The summed E-state index contributed by atoms with van der Waals surface area (Å²) in [6.45, 7) is 0. The molecule has 0 atom stereocenters. The number of hydrogen-bond donors (Lipinski definition) is 2. The van der Waals surface area contributed by atoms with Crippen molar-refractivity contribution in [2.75, 3.05) is 0 Å². The predicted molar refractivity (Wildman–Crippen MR) is 85.9 cm³/mol. The third-order valence-electron chi connectivity index (χ3n) is 3.67. The Kier molecular flexibility index (Phi) is 2.66. The molecule has 0 saturated heterocycles. The molecule has 0 aliphatic rings. The van der Waals surface area contributed by atoms with Crippen molar-refractivity contribution >= 4 is 21.8 Å². The molecule has 4 rings (SSSR count). The zero-order chi connectivity index (χ0) is 15.1. The molecular formula is C17H11N3O2. The van der Waals surface area contributed by atoms with Gasteiger partial charge in [-0.3, -0.25) is 19.6 Å². The Hall–Kier alpha value is -3.21. The van der Waals surface area contributed by atoms with E-state index in [1.54, 1.807) is 30.5 Å². The molecule has 0 saturated carbocycles. The number of nitrogens with one attached hydrogen (secondary N) is 2. The van der Waals surface area contributed by atoms with Crippen LogP contribution in [0, 0.1) is 0 Å². The highest BCUT2D eigenvalue weighted by molar-refractivity contribution is 6.07. The number of fused-ring (bicyclic) bond motifs is 3. The molecule has 1 aromatic carbocycles. The van der Waals surface area contributed by atoms with Crippen LogP contribution in [0.25, 0.3) is 33.1 Å². The summed E-state index contributed by atoms with van der Waals surface area (Å²) in [6, 6.07) is 14.7. The minimum absolute atomic E-state index is 0.373. The highest BCUT2D eigenvalue weighted by atomic mass is 16.2. The molecule has 0 radical (unpaired) electrons. The lowest BCUT2D eigenvalue weighted by Crippen LogP contribution is -2.15. The summed E-state index contributed by atoms with van der Waals surface area (Å²) in [6.07, 6.45) is 1.62. The van der Waals surface area contributed by atoms with Crippen molar-refractivity contribution in [1.29, 1.82) is 0 Å². The zero-order valence-corrected chi connectivity index (χ0v) is 11.5. The number of benzene rings is 1. The Bertz CT molecular complexity index is 1110. The Morgan fingerprint density at radius 1 is 0.818 bits per heavy atom. The van der Waals surface area contributed by atoms with E-state index in [0.29, 0.717) is 22.2 Å². The van der Waals surface area contributed by atoms with Crippen LogP contribution in [0.15, 0.2) is 64.3 Å². The summed E-state index contributed by atoms with van der Waals surface area (Å²) in [7, 11) is 0. The number of aromatic amines is 2. The molecule has 0 fully saturated rings. The summed E-state index contributed by atoms with van der Waals surface area (Å²) < 4.78 is 0. The van der Waals surface area contributed by atoms with Crippen LogP contribution in [-0.4, -0.2) is 15.0 Å². The Labute approximate surface area is 124 Å². The van der Waals surface area contributed by atoms with E-state index in [1.807, 2.05) is 24.3 Å². The molecule has 5 heteroatoms. The smallest absolute Gasteiger partial charge is 0.275 e. The molecule has 0 aliphatic heterocycles. The molecule has 0 amide bonds. The van der Waals surface area contributed by atoms with Gasteiger partial charge in [0, 0.05) is 22.5 Å². The SMILES string of the molecule is O=c1[nH]c(=O)c2[nH]c3ccccc3c2cc1-c1ccccn1. The number of hydrogen-bond acceptors (Lipinski definition) is 3. The van der Waals surface area contributed by atoms with Crippen LogP contribution in [0.2, 0.25) is 0 Å². The first-order chi connectivity index (χ1) is 10.7. The van der Waals surface area contributed by atoms with E-state index >= 15 is 0 Å². The van der Waals surface area contributed by atoms with Crippen LogP contribution < -0.4 is 11.1 Å². The average Bonchev–Trinajstić information content (AvgIpc) is 2.86. The monoisotopic (exact) mass is 289 g/mol. The van der Waals surface area contributed by atoms with E-state index in [4.69, 9.17) is 0 Å². The lowest BCUT2D eigenvalue weighted by Gasteiger charge is -1.95. The third-order valence-corrected chi connectivity index (χ3v) is 3.67. The molecule has 4 aromatic rings. The Morgan fingerprint density at radius 3 is 2.45 bits per heavy atom. The van der Waals surface area contributed by atoms with Gasteiger partial charge in [-0.1, -0.05) is 24.3 Å². The molecule has 5 nitrogen and oxygen atoms in total. The van der Waals surface area contributed by atoms with Gasteiger partial charge in [-0.25, -0.2) is 0 Å². The van der Waals surface area contributed by atoms with E-state index in [9.17, 15) is 9.59 Å². The average molecular weight is 289 g/mol. The highest BCUT2D eigenvalue weighted by Crippen LogP contribution is 2.24. The number of nitrogens with zero attached hydrogens (tertiary/aromatic N) is 1. The minimum atomic E-state index is -0.447. The van der Waals surface area contributed by atoms with Gasteiger partial charge in [-0.05, 0) is 24.3 Å². The van der Waals surface area contributed by atoms with Crippen molar-refractivity contribution < 1.29 is 0 Å². The largest absolute Gasteiger partial charge is 0.350 e. The highest BCUT2D eigenvalue weighted by Gasteiger charge is 2.11. The summed E-state index contributed by atoms with van der Waals surface area (Å²) in [5, 5.41) is 1.61. The lowest BCUT2D eigenvalue weighted by molar-refractivity contribution is 1.19. The molecule has 0 bridgehead atoms. The number of rotatable bonds is 1. The maximum Gasteiger partial charge on any atom is 0.275 e. The predicted octanol–water partition coefficient (Wildman–Crippen LogP) is 2.43. The molecule has 0 unspecified atom stereocenters. The summed E-state index contributed by atoms with van der Waals surface area (Å²) >= 11 is 0. The van der Waals surface area contributed by atoms with Crippen LogP contribution in [0.4, 0.5) is 0 Å². The summed E-state index contributed by atoms with van der Waals surface area (Å²) in [4.78, 5) is 34.2. The second-order valence-electron chi connectivity index (χ2n) is 5.02. The van der Waals surface area contributed by atoms with Gasteiger partial charge in [0.25, 0.3) is 11.1 Å². The molecule has 3 heterocycles. The van der Waals surface area contributed by atoms with Crippen molar-refractivity contribution in [3.05, 3.63) is 75.4 Å². The fraction of sp³-hybridized carbons (Fsp3) is 0. The Balaban J connectivity index is 2.22. The van der Waals surface area contributed by atoms with Crippen molar-refractivity contribution in [1.82, 2.24) is 15.0 Å². The third kappa shape index (κ3) is 1.83. The van der Waals surface area contributed by atoms with Crippen molar-refractivity contribution in [2.24, 2.45) is 0 Å². The first kappa shape index (κ1) is 12.5. The standard InChI is InChI=1S/C17H11N3O2/c21-16-12(13-6-3-4-8-18-13)9-11-10-5-1-2-7-14(10)19-15(11)17(22)20-16/h1-9,19H,(H,20,21,22). The van der Waals surface area contributed by atoms with Gasteiger partial charge < -0.3 is 4.98 Å². The first-order valence-corrected chi connectivity index (χ1v) is 6.83. The number of pyridine rings is 1. The van der Waals surface area contributed by atoms with Gasteiger partial charge in [0.05, 0.1) is 11.3 Å². The second kappa shape index (κ2) is 4.66. The molecule has 0 aliphatic carbocycles. The van der Waals surface area contributed by atoms with Gasteiger partial charge in [-0.2, -0.15) is 0 Å². The molecular weight excluding hydrogens is 278 g/mol. The topological polar surface area (TPSA) is 78.6 Å². The van der Waals surface area contributed by atoms with E-state index in [1.165, 1.54) is 0 Å². The lowest BCUT2D eigenvalue weighted by atomic mass is 10.1. The maximum atomic E-state index is 12.3. The van der Waals surface area contributed by atoms with Gasteiger partial charge >= 0.3 is 0 Å². The fourth-order valence-electron chi connectivity index (χ4n) is 2.65. The van der Waals surface area contributed by atoms with Gasteiger partial charge in [-0.15, -0.1) is 0 Å². The molecule has 0 spiro atoms. The Morgan fingerprint density at radius 2 is 1.64 bits per heavy atom. The fourth-order valence-corrected chi connectivity index (χ4v) is 2.65. The molecule has 3 aromatic heterocycles. The van der Waals surface area contributed by atoms with Crippen LogP contribution in [0.3, 0.4) is 0 Å². The summed E-state index contributed by atoms with van der Waals surface area (Å²) in [5.41, 5.74) is 1.27. The van der Waals surface area contributed by atoms with Gasteiger partial charge in [0.2, 0.25) is 0 Å². The first-order valence-electron chi connectivity index (χ1n) is 6.83. The van der Waals surface area contributed by atoms with E-state index in [0.717, 1.165) is 10.9 Å². The second-order valence-corrected chi connectivity index (χ2v) is 5.02. The minimum Gasteiger partial charge on any atom is -0.350 e. The van der Waals surface area contributed by atoms with Crippen molar-refractivity contribution in [3.63, 3.8) is 0 Å². The molecule has 22 heavy (non-hydrogen) atoms. The number of aromatic nitrogens is 3.